The van der Waals surface area contributed by atoms with Gasteiger partial charge in [-0.05, 0) is 30.3 Å². The highest BCUT2D eigenvalue weighted by molar-refractivity contribution is 6.06. The van der Waals surface area contributed by atoms with Crippen molar-refractivity contribution in [1.82, 2.24) is 9.55 Å². The van der Waals surface area contributed by atoms with Crippen LogP contribution in [0.4, 0.5) is 11.4 Å². The summed E-state index contributed by atoms with van der Waals surface area (Å²) in [5, 5.41) is 4.08. The lowest BCUT2D eigenvalue weighted by molar-refractivity contribution is -0.114. The predicted octanol–water partition coefficient (Wildman–Crippen LogP) is 4.67. The highest BCUT2D eigenvalue weighted by Crippen LogP contribution is 2.38. The molecule has 1 aliphatic carbocycles. The molecule has 1 aliphatic heterocycles. The Morgan fingerprint density at radius 3 is 2.31 bits per heavy atom. The number of para-hydroxylation sites is 1. The van der Waals surface area contributed by atoms with E-state index in [9.17, 15) is 9.59 Å². The molecule has 3 aromatic rings. The maximum absolute atomic E-state index is 13.5. The number of hydrogen-bond donors (Lipinski definition) is 1. The molecule has 6 nitrogen and oxygen atoms in total. The number of nitrogens with zero attached hydrogens (tertiary/aromatic N) is 3. The molecule has 0 unspecified atom stereocenters. The lowest BCUT2D eigenvalue weighted by atomic mass is 10.0. The predicted molar refractivity (Wildman–Crippen MR) is 130 cm³/mol. The number of fused-ring (bicyclic) bond motifs is 4. The van der Waals surface area contributed by atoms with Crippen molar-refractivity contribution in [3.8, 4) is 17.1 Å². The third kappa shape index (κ3) is 3.08. The minimum absolute atomic E-state index is 0.224. The topological polar surface area (TPSA) is 67.2 Å². The van der Waals surface area contributed by atoms with Gasteiger partial charge in [-0.3, -0.25) is 9.59 Å². The van der Waals surface area contributed by atoms with Gasteiger partial charge in [-0.15, -0.1) is 0 Å². The molecule has 0 atom stereocenters. The van der Waals surface area contributed by atoms with E-state index in [0.717, 1.165) is 27.8 Å². The van der Waals surface area contributed by atoms with Gasteiger partial charge in [0.1, 0.15) is 11.4 Å². The third-order valence-electron chi connectivity index (χ3n) is 5.60. The quantitative estimate of drug-likeness (QED) is 0.339. The summed E-state index contributed by atoms with van der Waals surface area (Å²) in [5.41, 5.74) is 4.78. The number of rotatable bonds is 3. The van der Waals surface area contributed by atoms with Gasteiger partial charge in [0.15, 0.2) is 0 Å². The standard InChI is InChI=1S/C26H22N4O2/c1-16(31)27-24-25-23(19-11-7-8-12-20(19)26(24)32)28-21-14-13-18(29(2)3)15-22(21)30(25)17-9-5-4-6-10-17/h4-15H,1-3H3,(H,27,31). The Hall–Kier alpha value is -4.19. The molecule has 2 aliphatic rings. The molecule has 158 valence electrons. The van der Waals surface area contributed by atoms with Crippen LogP contribution in [-0.4, -0.2) is 29.6 Å². The molecular weight excluding hydrogens is 400 g/mol. The number of nitrogens with one attached hydrogen (secondary N) is 1. The molecule has 0 saturated carbocycles. The van der Waals surface area contributed by atoms with Crippen molar-refractivity contribution in [2.45, 2.75) is 6.92 Å². The average molecular weight is 422 g/mol. The molecule has 0 aromatic heterocycles. The number of benzene rings is 4. The fraction of sp³-hybridized carbons (Fsp3) is 0.115. The Bertz CT molecular complexity index is 1520. The van der Waals surface area contributed by atoms with E-state index in [4.69, 9.17) is 4.98 Å². The molecule has 32 heavy (non-hydrogen) atoms. The maximum Gasteiger partial charge on any atom is 0.221 e. The molecule has 0 fully saturated rings. The molecule has 3 aromatic carbocycles. The van der Waals surface area contributed by atoms with Gasteiger partial charge in [-0.2, -0.15) is 0 Å². The van der Waals surface area contributed by atoms with Crippen LogP contribution < -0.4 is 15.6 Å². The van der Waals surface area contributed by atoms with Gasteiger partial charge in [0.2, 0.25) is 11.3 Å². The zero-order valence-electron chi connectivity index (χ0n) is 18.1. The minimum atomic E-state index is -0.305. The van der Waals surface area contributed by atoms with Crippen LogP contribution in [0.2, 0.25) is 0 Å². The first-order valence-corrected chi connectivity index (χ1v) is 10.4. The smallest absolute Gasteiger partial charge is 0.221 e. The van der Waals surface area contributed by atoms with Gasteiger partial charge in [0, 0.05) is 43.2 Å². The van der Waals surface area contributed by atoms with Crippen molar-refractivity contribution in [2.24, 2.45) is 0 Å². The monoisotopic (exact) mass is 422 g/mol. The van der Waals surface area contributed by atoms with Gasteiger partial charge in [-0.25, -0.2) is 4.98 Å². The number of amides is 1. The van der Waals surface area contributed by atoms with Gasteiger partial charge in [0.05, 0.1) is 16.7 Å². The minimum Gasteiger partial charge on any atom is -0.378 e. The van der Waals surface area contributed by atoms with Crippen LogP contribution in [0.1, 0.15) is 6.92 Å². The highest BCUT2D eigenvalue weighted by Gasteiger charge is 2.25. The van der Waals surface area contributed by atoms with Crippen molar-refractivity contribution in [2.75, 3.05) is 24.3 Å². The van der Waals surface area contributed by atoms with Crippen LogP contribution in [0.15, 0.2) is 77.6 Å². The number of anilines is 2. The van der Waals surface area contributed by atoms with Crippen LogP contribution in [0.3, 0.4) is 0 Å². The van der Waals surface area contributed by atoms with Crippen molar-refractivity contribution >= 4 is 39.1 Å². The fourth-order valence-corrected chi connectivity index (χ4v) is 4.15. The summed E-state index contributed by atoms with van der Waals surface area (Å²) in [4.78, 5) is 32.6. The summed E-state index contributed by atoms with van der Waals surface area (Å²) in [6, 6.07) is 23.3. The highest BCUT2D eigenvalue weighted by atomic mass is 16.2. The summed E-state index contributed by atoms with van der Waals surface area (Å²) < 4.78 is 2.02. The lowest BCUT2D eigenvalue weighted by Gasteiger charge is -2.24. The van der Waals surface area contributed by atoms with Crippen molar-refractivity contribution in [3.63, 3.8) is 0 Å². The van der Waals surface area contributed by atoms with Crippen LogP contribution in [-0.2, 0) is 4.79 Å². The number of aromatic nitrogens is 2. The van der Waals surface area contributed by atoms with Crippen LogP contribution >= 0.6 is 0 Å². The Balaban J connectivity index is 2.08. The summed E-state index contributed by atoms with van der Waals surface area (Å²) in [6.45, 7) is 1.41. The summed E-state index contributed by atoms with van der Waals surface area (Å²) >= 11 is 0. The van der Waals surface area contributed by atoms with E-state index in [2.05, 4.69) is 5.32 Å². The average Bonchev–Trinajstić information content (AvgIpc) is 2.80. The maximum atomic E-state index is 13.5. The summed E-state index contributed by atoms with van der Waals surface area (Å²) in [5.74, 6) is -0.305. The van der Waals surface area contributed by atoms with Gasteiger partial charge in [0.25, 0.3) is 0 Å². The van der Waals surface area contributed by atoms with Crippen LogP contribution in [0.25, 0.3) is 38.9 Å². The Morgan fingerprint density at radius 1 is 0.938 bits per heavy atom. The first kappa shape index (κ1) is 19.8. The van der Waals surface area contributed by atoms with Crippen LogP contribution in [0, 0.1) is 0 Å². The fourth-order valence-electron chi connectivity index (χ4n) is 4.15. The SMILES string of the molecule is CC(=O)Nc1c2n(-c3ccccc3)c3cc(N(C)C)ccc3nc-2c2ccccc2c1=O. The largest absolute Gasteiger partial charge is 0.378 e. The lowest BCUT2D eigenvalue weighted by Crippen LogP contribution is -2.21. The van der Waals surface area contributed by atoms with Gasteiger partial charge in [-0.1, -0.05) is 42.5 Å². The van der Waals surface area contributed by atoms with Gasteiger partial charge >= 0.3 is 0 Å². The molecular formula is C26H22N4O2. The number of hydrogen-bond acceptors (Lipinski definition) is 4. The molecule has 1 N–H and O–H groups in total. The zero-order chi connectivity index (χ0) is 22.4. The van der Waals surface area contributed by atoms with E-state index in [1.807, 2.05) is 90.3 Å². The Labute approximate surface area is 185 Å². The van der Waals surface area contributed by atoms with E-state index in [0.29, 0.717) is 16.8 Å². The Morgan fingerprint density at radius 2 is 1.62 bits per heavy atom. The summed E-state index contributed by atoms with van der Waals surface area (Å²) in [6.07, 6.45) is 0. The van der Waals surface area contributed by atoms with Crippen LogP contribution in [0.5, 0.6) is 0 Å². The van der Waals surface area contributed by atoms with Crippen molar-refractivity contribution < 1.29 is 4.79 Å². The van der Waals surface area contributed by atoms with E-state index in [-0.39, 0.29) is 17.0 Å². The van der Waals surface area contributed by atoms with E-state index in [1.165, 1.54) is 6.92 Å². The van der Waals surface area contributed by atoms with E-state index < -0.39 is 0 Å². The second kappa shape index (κ2) is 7.50. The van der Waals surface area contributed by atoms with Crippen molar-refractivity contribution in [1.29, 1.82) is 0 Å². The molecule has 1 heterocycles. The molecule has 0 saturated heterocycles. The molecule has 0 bridgehead atoms. The second-order valence-corrected chi connectivity index (χ2v) is 7.98. The normalized spacial score (nSPS) is 11.2. The third-order valence-corrected chi connectivity index (χ3v) is 5.60. The number of carbonyl (C=O) groups excluding carboxylic acids is 1. The van der Waals surface area contributed by atoms with Gasteiger partial charge < -0.3 is 14.8 Å². The molecule has 6 heteroatoms. The molecule has 0 radical (unpaired) electrons. The Kier molecular flexibility index (Phi) is 4.63. The molecule has 1 amide bonds. The summed E-state index contributed by atoms with van der Waals surface area (Å²) in [7, 11) is 3.96. The van der Waals surface area contributed by atoms with E-state index >= 15 is 0 Å². The van der Waals surface area contributed by atoms with E-state index in [1.54, 1.807) is 6.07 Å². The molecule has 5 rings (SSSR count). The first-order chi connectivity index (χ1) is 15.5. The van der Waals surface area contributed by atoms with Crippen molar-refractivity contribution in [3.05, 3.63) is 83.0 Å². The second-order valence-electron chi connectivity index (χ2n) is 7.98. The number of carbonyl (C=O) groups is 1. The molecule has 0 spiro atoms. The zero-order valence-corrected chi connectivity index (χ0v) is 18.1. The first-order valence-electron chi connectivity index (χ1n) is 10.4.